The van der Waals surface area contributed by atoms with Gasteiger partial charge in [-0.1, -0.05) is 24.3 Å². The van der Waals surface area contributed by atoms with Gasteiger partial charge in [0.15, 0.2) is 0 Å². The number of rotatable bonds is 4. The lowest BCUT2D eigenvalue weighted by molar-refractivity contribution is -0.384. The van der Waals surface area contributed by atoms with E-state index < -0.39 is 10.8 Å². The highest BCUT2D eigenvalue weighted by atomic mass is 79.9. The number of benzene rings is 3. The van der Waals surface area contributed by atoms with Gasteiger partial charge in [-0.25, -0.2) is 4.98 Å². The van der Waals surface area contributed by atoms with E-state index in [0.29, 0.717) is 10.2 Å². The first-order valence-corrected chi connectivity index (χ1v) is 10.3. The van der Waals surface area contributed by atoms with Gasteiger partial charge in [-0.05, 0) is 52.7 Å². The van der Waals surface area contributed by atoms with E-state index in [-0.39, 0.29) is 11.3 Å². The smallest absolute Gasteiger partial charge is 0.270 e. The summed E-state index contributed by atoms with van der Waals surface area (Å²) in [4.78, 5) is 28.0. The van der Waals surface area contributed by atoms with Gasteiger partial charge in [-0.2, -0.15) is 0 Å². The number of carbonyl (C=O) groups is 1. The fourth-order valence-corrected chi connectivity index (χ4v) is 4.46. The quantitative estimate of drug-likeness (QED) is 0.286. The van der Waals surface area contributed by atoms with Crippen molar-refractivity contribution in [1.82, 2.24) is 4.98 Å². The van der Waals surface area contributed by atoms with Gasteiger partial charge in [0, 0.05) is 27.9 Å². The topological polar surface area (TPSA) is 85.1 Å². The molecule has 1 aromatic heterocycles. The van der Waals surface area contributed by atoms with E-state index in [1.54, 1.807) is 17.4 Å². The van der Waals surface area contributed by atoms with Crippen molar-refractivity contribution in [3.63, 3.8) is 0 Å². The molecule has 0 saturated heterocycles. The molecular weight excluding hydrogens is 454 g/mol. The van der Waals surface area contributed by atoms with E-state index in [1.165, 1.54) is 18.2 Å². The lowest BCUT2D eigenvalue weighted by Gasteiger charge is -2.12. The summed E-state index contributed by atoms with van der Waals surface area (Å²) < 4.78 is 1.58. The second-order valence-corrected chi connectivity index (χ2v) is 8.23. The van der Waals surface area contributed by atoms with Crippen LogP contribution in [0.4, 0.5) is 11.4 Å². The number of nitrogens with zero attached hydrogens (tertiary/aromatic N) is 2. The summed E-state index contributed by atoms with van der Waals surface area (Å²) in [5.74, 6) is -0.426. The van der Waals surface area contributed by atoms with Crippen LogP contribution in [-0.4, -0.2) is 15.8 Å². The second-order valence-electron chi connectivity index (χ2n) is 6.34. The van der Waals surface area contributed by atoms with Crippen molar-refractivity contribution in [2.24, 2.45) is 0 Å². The summed E-state index contributed by atoms with van der Waals surface area (Å²) in [5.41, 5.74) is 3.43. The Hall–Kier alpha value is -3.10. The molecule has 0 fully saturated rings. The average Bonchev–Trinajstić information content (AvgIpc) is 3.13. The number of halogens is 1. The molecule has 8 heteroatoms. The number of amides is 1. The summed E-state index contributed by atoms with van der Waals surface area (Å²) in [5, 5.41) is 14.8. The average molecular weight is 468 g/mol. The monoisotopic (exact) mass is 467 g/mol. The van der Waals surface area contributed by atoms with E-state index in [2.05, 4.69) is 21.2 Å². The summed E-state index contributed by atoms with van der Waals surface area (Å²) in [7, 11) is 0. The molecule has 0 saturated carbocycles. The highest BCUT2D eigenvalue weighted by molar-refractivity contribution is 9.10. The minimum atomic E-state index is -0.526. The van der Waals surface area contributed by atoms with Crippen LogP contribution >= 0.6 is 27.3 Å². The number of carbonyl (C=O) groups excluding carboxylic acids is 1. The highest BCUT2D eigenvalue weighted by Crippen LogP contribution is 2.34. The van der Waals surface area contributed by atoms with Crippen LogP contribution in [0.1, 0.15) is 15.9 Å². The Kier molecular flexibility index (Phi) is 5.12. The van der Waals surface area contributed by atoms with Gasteiger partial charge in [0.05, 0.1) is 20.7 Å². The number of para-hydroxylation sites is 1. The largest absolute Gasteiger partial charge is 0.322 e. The number of nitro groups is 1. The number of nitro benzene ring substituents is 1. The Balaban J connectivity index is 1.68. The number of anilines is 1. The molecule has 0 unspecified atom stereocenters. The van der Waals surface area contributed by atoms with Crippen LogP contribution in [0.25, 0.3) is 20.8 Å². The zero-order chi connectivity index (χ0) is 20.5. The van der Waals surface area contributed by atoms with Crippen LogP contribution < -0.4 is 5.32 Å². The molecule has 0 radical (unpaired) electrons. The van der Waals surface area contributed by atoms with Gasteiger partial charge in [0.2, 0.25) is 0 Å². The summed E-state index contributed by atoms with van der Waals surface area (Å²) in [6.45, 7) is 1.92. The molecule has 1 heterocycles. The molecule has 0 aliphatic rings. The van der Waals surface area contributed by atoms with E-state index in [0.717, 1.165) is 26.4 Å². The molecule has 0 spiro atoms. The van der Waals surface area contributed by atoms with Crippen molar-refractivity contribution in [3.8, 4) is 10.6 Å². The second kappa shape index (κ2) is 7.73. The van der Waals surface area contributed by atoms with E-state index >= 15 is 0 Å². The third-order valence-electron chi connectivity index (χ3n) is 4.51. The minimum absolute atomic E-state index is 0.140. The molecule has 4 rings (SSSR count). The summed E-state index contributed by atoms with van der Waals surface area (Å²) in [6, 6.07) is 17.6. The third-order valence-corrected chi connectivity index (χ3v) is 6.27. The first kappa shape index (κ1) is 19.2. The first-order valence-electron chi connectivity index (χ1n) is 8.65. The number of nitrogens with one attached hydrogen (secondary N) is 1. The van der Waals surface area contributed by atoms with Crippen LogP contribution in [0.2, 0.25) is 0 Å². The number of thiazole rings is 1. The maximum absolute atomic E-state index is 12.8. The lowest BCUT2D eigenvalue weighted by atomic mass is 10.1. The van der Waals surface area contributed by atoms with E-state index in [9.17, 15) is 14.9 Å². The SMILES string of the molecule is Cc1c(NC(=O)c2cc([N+](=O)[O-])ccc2Br)cccc1-c1nc2ccccc2s1. The van der Waals surface area contributed by atoms with Gasteiger partial charge >= 0.3 is 0 Å². The number of hydrogen-bond donors (Lipinski definition) is 1. The lowest BCUT2D eigenvalue weighted by Crippen LogP contribution is -2.14. The Morgan fingerprint density at radius 2 is 1.93 bits per heavy atom. The van der Waals surface area contributed by atoms with Gasteiger partial charge in [-0.3, -0.25) is 14.9 Å². The Labute approximate surface area is 178 Å². The normalized spacial score (nSPS) is 10.8. The van der Waals surface area contributed by atoms with Crippen molar-refractivity contribution in [1.29, 1.82) is 0 Å². The zero-order valence-corrected chi connectivity index (χ0v) is 17.6. The van der Waals surface area contributed by atoms with Crippen molar-refractivity contribution in [3.05, 3.63) is 86.4 Å². The van der Waals surface area contributed by atoms with Crippen LogP contribution in [0.5, 0.6) is 0 Å². The Morgan fingerprint density at radius 1 is 1.14 bits per heavy atom. The molecule has 29 heavy (non-hydrogen) atoms. The van der Waals surface area contributed by atoms with Gasteiger partial charge < -0.3 is 5.32 Å². The third kappa shape index (κ3) is 3.76. The summed E-state index contributed by atoms with van der Waals surface area (Å²) in [6.07, 6.45) is 0. The number of fused-ring (bicyclic) bond motifs is 1. The van der Waals surface area contributed by atoms with Crippen LogP contribution in [0.3, 0.4) is 0 Å². The predicted octanol–water partition coefficient (Wildman–Crippen LogP) is 6.19. The maximum atomic E-state index is 12.8. The first-order chi connectivity index (χ1) is 13.9. The van der Waals surface area contributed by atoms with Gasteiger partial charge in [0.1, 0.15) is 5.01 Å². The molecule has 6 nitrogen and oxygen atoms in total. The number of aromatic nitrogens is 1. The molecule has 0 aliphatic heterocycles. The van der Waals surface area contributed by atoms with Crippen LogP contribution in [0.15, 0.2) is 65.1 Å². The molecule has 4 aromatic rings. The van der Waals surface area contributed by atoms with E-state index in [4.69, 9.17) is 4.98 Å². The maximum Gasteiger partial charge on any atom is 0.270 e. The molecule has 1 amide bonds. The Morgan fingerprint density at radius 3 is 2.69 bits per heavy atom. The van der Waals surface area contributed by atoms with Crippen molar-refractivity contribution in [2.45, 2.75) is 6.92 Å². The standard InChI is InChI=1S/C21H14BrN3O3S/c1-12-14(21-24-18-6-2-3-8-19(18)29-21)5-4-7-17(12)23-20(26)15-11-13(25(27)28)9-10-16(15)22/h2-11H,1H3,(H,23,26). The fraction of sp³-hybridized carbons (Fsp3) is 0.0476. The molecule has 0 bridgehead atoms. The van der Waals surface area contributed by atoms with Crippen LogP contribution in [0, 0.1) is 17.0 Å². The number of non-ortho nitro benzene ring substituents is 1. The number of hydrogen-bond acceptors (Lipinski definition) is 5. The minimum Gasteiger partial charge on any atom is -0.322 e. The molecule has 0 aliphatic carbocycles. The molecular formula is C21H14BrN3O3S. The van der Waals surface area contributed by atoms with Crippen molar-refractivity contribution < 1.29 is 9.72 Å². The molecule has 0 atom stereocenters. The van der Waals surface area contributed by atoms with E-state index in [1.807, 2.05) is 43.3 Å². The van der Waals surface area contributed by atoms with Gasteiger partial charge in [-0.15, -0.1) is 11.3 Å². The zero-order valence-electron chi connectivity index (χ0n) is 15.2. The summed E-state index contributed by atoms with van der Waals surface area (Å²) >= 11 is 4.88. The highest BCUT2D eigenvalue weighted by Gasteiger charge is 2.18. The molecule has 1 N–H and O–H groups in total. The molecule has 3 aromatic carbocycles. The van der Waals surface area contributed by atoms with Crippen LogP contribution in [-0.2, 0) is 0 Å². The van der Waals surface area contributed by atoms with Crippen molar-refractivity contribution in [2.75, 3.05) is 5.32 Å². The van der Waals surface area contributed by atoms with Crippen molar-refractivity contribution >= 4 is 54.8 Å². The van der Waals surface area contributed by atoms with Gasteiger partial charge in [0.25, 0.3) is 11.6 Å². The Bertz CT molecular complexity index is 1240. The fourth-order valence-electron chi connectivity index (χ4n) is 2.98. The molecule has 144 valence electrons. The predicted molar refractivity (Wildman–Crippen MR) is 119 cm³/mol.